The maximum absolute atomic E-state index is 13.9. The van der Waals surface area contributed by atoms with E-state index in [1.165, 1.54) is 17.4 Å². The molecular formula is C25H21F3N6OS. The molecule has 0 fully saturated rings. The highest BCUT2D eigenvalue weighted by molar-refractivity contribution is 7.15. The molecule has 0 bridgehead atoms. The van der Waals surface area contributed by atoms with Crippen molar-refractivity contribution in [2.45, 2.75) is 33.0 Å². The maximum Gasteiger partial charge on any atom is 0.433 e. The highest BCUT2D eigenvalue weighted by Gasteiger charge is 2.36. The summed E-state index contributed by atoms with van der Waals surface area (Å²) in [6.45, 7) is 4.48. The van der Waals surface area contributed by atoms with Gasteiger partial charge in [-0.3, -0.25) is 9.48 Å². The molecule has 0 aliphatic heterocycles. The molecule has 184 valence electrons. The highest BCUT2D eigenvalue weighted by Crippen LogP contribution is 2.34. The lowest BCUT2D eigenvalue weighted by molar-refractivity contribution is -0.142. The maximum atomic E-state index is 13.9. The number of benzene rings is 1. The van der Waals surface area contributed by atoms with Crippen LogP contribution in [-0.2, 0) is 19.1 Å². The largest absolute Gasteiger partial charge is 0.433 e. The lowest BCUT2D eigenvalue weighted by Crippen LogP contribution is -2.16. The van der Waals surface area contributed by atoms with Gasteiger partial charge in [-0.05, 0) is 37.1 Å². The van der Waals surface area contributed by atoms with E-state index in [0.29, 0.717) is 15.9 Å². The monoisotopic (exact) mass is 510 g/mol. The van der Waals surface area contributed by atoms with E-state index >= 15 is 0 Å². The van der Waals surface area contributed by atoms with E-state index in [-0.39, 0.29) is 22.9 Å². The molecule has 0 radical (unpaired) electrons. The molecule has 0 atom stereocenters. The van der Waals surface area contributed by atoms with Gasteiger partial charge in [0.1, 0.15) is 0 Å². The molecule has 1 N–H and O–H groups in total. The molecule has 5 aromatic rings. The Morgan fingerprint density at radius 2 is 1.92 bits per heavy atom. The second-order valence-electron chi connectivity index (χ2n) is 8.29. The first-order valence-corrected chi connectivity index (χ1v) is 12.0. The molecule has 4 aromatic heterocycles. The summed E-state index contributed by atoms with van der Waals surface area (Å²) in [6.07, 6.45) is -2.20. The molecule has 36 heavy (non-hydrogen) atoms. The quantitative estimate of drug-likeness (QED) is 0.311. The van der Waals surface area contributed by atoms with Gasteiger partial charge in [0, 0.05) is 23.2 Å². The molecular weight excluding hydrogens is 489 g/mol. The van der Waals surface area contributed by atoms with Gasteiger partial charge in [-0.25, -0.2) is 9.50 Å². The lowest BCUT2D eigenvalue weighted by Gasteiger charge is -2.10. The van der Waals surface area contributed by atoms with E-state index in [1.807, 2.05) is 44.2 Å². The summed E-state index contributed by atoms with van der Waals surface area (Å²) >= 11 is 1.38. The lowest BCUT2D eigenvalue weighted by atomic mass is 10.1. The van der Waals surface area contributed by atoms with Crippen LogP contribution in [0.2, 0.25) is 0 Å². The zero-order chi connectivity index (χ0) is 25.4. The van der Waals surface area contributed by atoms with Crippen molar-refractivity contribution in [2.24, 2.45) is 0 Å². The van der Waals surface area contributed by atoms with Gasteiger partial charge < -0.3 is 5.32 Å². The van der Waals surface area contributed by atoms with Crippen molar-refractivity contribution < 1.29 is 18.0 Å². The number of halogens is 3. The minimum atomic E-state index is -4.69. The molecule has 0 spiro atoms. The van der Waals surface area contributed by atoms with Gasteiger partial charge in [0.05, 0.1) is 17.1 Å². The third-order valence-electron chi connectivity index (χ3n) is 5.52. The Balaban J connectivity index is 1.42. The summed E-state index contributed by atoms with van der Waals surface area (Å²) in [7, 11) is 0. The van der Waals surface area contributed by atoms with Crippen molar-refractivity contribution in [1.82, 2.24) is 24.4 Å². The minimum Gasteiger partial charge on any atom is -0.304 e. The summed E-state index contributed by atoms with van der Waals surface area (Å²) in [5, 5.41) is 10.8. The van der Waals surface area contributed by atoms with Crippen LogP contribution in [0.5, 0.6) is 0 Å². The number of aromatic nitrogens is 5. The smallest absolute Gasteiger partial charge is 0.304 e. The molecule has 0 aliphatic rings. The van der Waals surface area contributed by atoms with Gasteiger partial charge in [-0.1, -0.05) is 36.8 Å². The topological polar surface area (TPSA) is 77.1 Å². The van der Waals surface area contributed by atoms with Gasteiger partial charge in [0.15, 0.2) is 22.9 Å². The predicted molar refractivity (Wildman–Crippen MR) is 131 cm³/mol. The third-order valence-corrected chi connectivity index (χ3v) is 6.77. The molecule has 0 saturated carbocycles. The van der Waals surface area contributed by atoms with E-state index in [1.54, 1.807) is 23.0 Å². The van der Waals surface area contributed by atoms with Crippen molar-refractivity contribution in [3.63, 3.8) is 0 Å². The van der Waals surface area contributed by atoms with E-state index in [2.05, 4.69) is 20.5 Å². The van der Waals surface area contributed by atoms with Crippen LogP contribution in [-0.4, -0.2) is 30.3 Å². The number of anilines is 1. The average Bonchev–Trinajstić information content (AvgIpc) is 3.57. The van der Waals surface area contributed by atoms with Gasteiger partial charge in [-0.15, -0.1) is 11.3 Å². The van der Waals surface area contributed by atoms with Crippen LogP contribution < -0.4 is 5.32 Å². The molecule has 0 unspecified atom stereocenters. The number of nitrogens with zero attached hydrogens (tertiary/aromatic N) is 5. The highest BCUT2D eigenvalue weighted by atomic mass is 32.1. The number of nitrogens with one attached hydrogen (secondary N) is 1. The summed E-state index contributed by atoms with van der Waals surface area (Å²) in [4.78, 5) is 18.8. The Kier molecular flexibility index (Phi) is 6.09. The SMILES string of the molecule is CCc1ccc(-c2cc(C(F)(F)F)n3nc(C(=O)Nc4ccn(Cc5cccc(C)c5)n4)cc3n2)s1. The number of carbonyl (C=O) groups excluding carboxylic acids is 1. The summed E-state index contributed by atoms with van der Waals surface area (Å²) in [5.74, 6) is -0.416. The minimum absolute atomic E-state index is 0.0681. The summed E-state index contributed by atoms with van der Waals surface area (Å²) in [5.41, 5.74) is 1.09. The molecule has 0 aliphatic carbocycles. The second-order valence-corrected chi connectivity index (χ2v) is 9.45. The molecule has 4 heterocycles. The van der Waals surface area contributed by atoms with Crippen LogP contribution in [0.4, 0.5) is 19.0 Å². The van der Waals surface area contributed by atoms with Crippen molar-refractivity contribution in [2.75, 3.05) is 5.32 Å². The van der Waals surface area contributed by atoms with Crippen LogP contribution in [0.1, 0.15) is 39.1 Å². The predicted octanol–water partition coefficient (Wildman–Crippen LogP) is 5.84. The Bertz CT molecular complexity index is 1570. The number of alkyl halides is 3. The van der Waals surface area contributed by atoms with Crippen molar-refractivity contribution in [3.05, 3.63) is 88.2 Å². The van der Waals surface area contributed by atoms with E-state index in [4.69, 9.17) is 0 Å². The van der Waals surface area contributed by atoms with Crippen LogP contribution in [0.3, 0.4) is 0 Å². The van der Waals surface area contributed by atoms with Gasteiger partial charge in [-0.2, -0.15) is 23.4 Å². The number of amides is 1. The van der Waals surface area contributed by atoms with E-state index in [9.17, 15) is 18.0 Å². The Hall–Kier alpha value is -3.99. The number of hydrogen-bond donors (Lipinski definition) is 1. The van der Waals surface area contributed by atoms with Gasteiger partial charge in [0.25, 0.3) is 5.91 Å². The number of carbonyl (C=O) groups is 1. The van der Waals surface area contributed by atoms with Gasteiger partial charge >= 0.3 is 6.18 Å². The van der Waals surface area contributed by atoms with E-state index < -0.39 is 17.8 Å². The standard InChI is InChI=1S/C25H21F3N6OS/c1-3-17-7-8-20(36-17)18-12-21(25(26,27)28)34-23(29-18)13-19(31-34)24(35)30-22-9-10-33(32-22)14-16-6-4-5-15(2)11-16/h4-13H,3,14H2,1-2H3,(H,30,32,35). The first kappa shape index (κ1) is 23.7. The fourth-order valence-corrected chi connectivity index (χ4v) is 4.72. The third kappa shape index (κ3) is 4.87. The van der Waals surface area contributed by atoms with Crippen molar-refractivity contribution in [3.8, 4) is 10.6 Å². The number of thiophene rings is 1. The Morgan fingerprint density at radius 3 is 2.64 bits per heavy atom. The molecule has 1 aromatic carbocycles. The second kappa shape index (κ2) is 9.23. The number of hydrogen-bond acceptors (Lipinski definition) is 5. The Morgan fingerprint density at radius 1 is 1.08 bits per heavy atom. The Labute approximate surface area is 208 Å². The fourth-order valence-electron chi connectivity index (χ4n) is 3.81. The molecule has 7 nitrogen and oxygen atoms in total. The normalized spacial score (nSPS) is 11.8. The van der Waals surface area contributed by atoms with Crippen LogP contribution >= 0.6 is 11.3 Å². The first-order valence-electron chi connectivity index (χ1n) is 11.2. The van der Waals surface area contributed by atoms with Crippen LogP contribution in [0.25, 0.3) is 16.2 Å². The number of aryl methyl sites for hydroxylation is 2. The molecule has 0 saturated heterocycles. The van der Waals surface area contributed by atoms with Crippen molar-refractivity contribution >= 4 is 28.7 Å². The zero-order valence-electron chi connectivity index (χ0n) is 19.4. The van der Waals surface area contributed by atoms with E-state index in [0.717, 1.165) is 28.5 Å². The average molecular weight is 511 g/mol. The molecule has 11 heteroatoms. The van der Waals surface area contributed by atoms with Crippen LogP contribution in [0, 0.1) is 6.92 Å². The van der Waals surface area contributed by atoms with Crippen LogP contribution in [0.15, 0.2) is 60.8 Å². The first-order chi connectivity index (χ1) is 17.2. The molecule has 5 rings (SSSR count). The molecule has 1 amide bonds. The van der Waals surface area contributed by atoms with Gasteiger partial charge in [0.2, 0.25) is 0 Å². The summed E-state index contributed by atoms with van der Waals surface area (Å²) in [6, 6.07) is 15.4. The fraction of sp³-hybridized carbons (Fsp3) is 0.200. The van der Waals surface area contributed by atoms with Crippen molar-refractivity contribution in [1.29, 1.82) is 0 Å². The number of rotatable bonds is 6. The number of fused-ring (bicyclic) bond motifs is 1. The summed E-state index contributed by atoms with van der Waals surface area (Å²) < 4.78 is 43.9. The zero-order valence-corrected chi connectivity index (χ0v) is 20.2.